The van der Waals surface area contributed by atoms with Crippen molar-refractivity contribution in [1.29, 1.82) is 0 Å². The van der Waals surface area contributed by atoms with Crippen molar-refractivity contribution in [2.24, 2.45) is 5.11 Å². The van der Waals surface area contributed by atoms with E-state index < -0.39 is 6.10 Å². The third kappa shape index (κ3) is 3.23. The molecule has 9 nitrogen and oxygen atoms in total. The fourth-order valence-electron chi connectivity index (χ4n) is 2.59. The van der Waals surface area contributed by atoms with Gasteiger partial charge in [-0.1, -0.05) is 16.7 Å². The molecule has 0 unspecified atom stereocenters. The molecule has 1 N–H and O–H groups in total. The summed E-state index contributed by atoms with van der Waals surface area (Å²) in [4.78, 5) is 10.9. The summed E-state index contributed by atoms with van der Waals surface area (Å²) in [7, 11) is 0. The van der Waals surface area contributed by atoms with E-state index in [0.717, 1.165) is 8.96 Å². The van der Waals surface area contributed by atoms with Gasteiger partial charge in [-0.3, -0.25) is 0 Å². The van der Waals surface area contributed by atoms with Crippen molar-refractivity contribution in [3.8, 4) is 0 Å². The van der Waals surface area contributed by atoms with E-state index in [9.17, 15) is 5.11 Å². The zero-order valence-corrected chi connectivity index (χ0v) is 14.6. The van der Waals surface area contributed by atoms with E-state index in [1.54, 1.807) is 0 Å². The normalized spacial score (nSPS) is 24.0. The maximum absolute atomic E-state index is 9.45. The second-order valence-electron chi connectivity index (χ2n) is 4.86. The highest BCUT2D eigenvalue weighted by Crippen LogP contribution is 2.35. The van der Waals surface area contributed by atoms with E-state index in [1.165, 1.54) is 6.33 Å². The Morgan fingerprint density at radius 1 is 1.61 bits per heavy atom. The average molecular weight is 451 g/mol. The van der Waals surface area contributed by atoms with Gasteiger partial charge in [0.25, 0.3) is 0 Å². The number of ether oxygens (including phenoxy) is 2. The van der Waals surface area contributed by atoms with Gasteiger partial charge >= 0.3 is 0 Å². The maximum atomic E-state index is 9.45. The minimum Gasteiger partial charge on any atom is -0.394 e. The monoisotopic (exact) mass is 450 g/mol. The molecule has 3 rings (SSSR count). The van der Waals surface area contributed by atoms with E-state index in [-0.39, 0.29) is 25.7 Å². The molecule has 0 aromatic carbocycles. The van der Waals surface area contributed by atoms with Crippen LogP contribution >= 0.6 is 34.2 Å². The number of hydrogen-bond acceptors (Lipinski definition) is 6. The van der Waals surface area contributed by atoms with Crippen LogP contribution in [0.1, 0.15) is 12.6 Å². The van der Waals surface area contributed by atoms with E-state index >= 15 is 0 Å². The highest BCUT2D eigenvalue weighted by atomic mass is 127. The molecule has 11 heteroatoms. The summed E-state index contributed by atoms with van der Waals surface area (Å²) in [5, 5.41) is 13.9. The molecular weight excluding hydrogens is 439 g/mol. The molecule has 3 heterocycles. The zero-order valence-electron chi connectivity index (χ0n) is 11.7. The van der Waals surface area contributed by atoms with Gasteiger partial charge in [-0.15, -0.1) is 0 Å². The molecule has 1 fully saturated rings. The first kappa shape index (κ1) is 16.7. The van der Waals surface area contributed by atoms with E-state index in [1.807, 2.05) is 10.8 Å². The molecule has 2 aromatic rings. The number of fused-ring (bicyclic) bond motifs is 1. The van der Waals surface area contributed by atoms with Crippen molar-refractivity contribution in [2.45, 2.75) is 24.9 Å². The molecule has 0 spiro atoms. The Morgan fingerprint density at radius 2 is 2.43 bits per heavy atom. The lowest BCUT2D eigenvalue weighted by molar-refractivity contribution is -0.0593. The molecule has 0 saturated carbocycles. The lowest BCUT2D eigenvalue weighted by Gasteiger charge is -2.15. The number of rotatable bonds is 5. The average Bonchev–Trinajstić information content (AvgIpc) is 3.09. The Kier molecular flexibility index (Phi) is 5.19. The topological polar surface area (TPSA) is 118 Å². The van der Waals surface area contributed by atoms with Crippen molar-refractivity contribution in [3.05, 3.63) is 31.7 Å². The van der Waals surface area contributed by atoms with Crippen molar-refractivity contribution < 1.29 is 14.6 Å². The van der Waals surface area contributed by atoms with Crippen LogP contribution < -0.4 is 0 Å². The van der Waals surface area contributed by atoms with Crippen LogP contribution in [0, 0.1) is 3.57 Å². The molecule has 1 aliphatic heterocycles. The van der Waals surface area contributed by atoms with Crippen molar-refractivity contribution in [2.75, 3.05) is 13.3 Å². The Bertz CT molecular complexity index is 765. The molecule has 0 bridgehead atoms. The molecule has 1 saturated heterocycles. The molecule has 122 valence electrons. The summed E-state index contributed by atoms with van der Waals surface area (Å²) in [6.07, 6.45) is 2.53. The number of aliphatic hydroxyl groups is 1. The van der Waals surface area contributed by atoms with Crippen LogP contribution in [-0.4, -0.2) is 45.2 Å². The first-order valence-corrected chi connectivity index (χ1v) is 8.16. The van der Waals surface area contributed by atoms with Gasteiger partial charge in [0.2, 0.25) is 0 Å². The summed E-state index contributed by atoms with van der Waals surface area (Å²) in [6, 6.07) is 0. The van der Waals surface area contributed by atoms with Crippen LogP contribution in [0.2, 0.25) is 5.15 Å². The maximum Gasteiger partial charge on any atom is 0.148 e. The van der Waals surface area contributed by atoms with Gasteiger partial charge in [-0.2, -0.15) is 0 Å². The molecule has 0 radical (unpaired) electrons. The lowest BCUT2D eigenvalue weighted by Crippen LogP contribution is -2.27. The van der Waals surface area contributed by atoms with Gasteiger partial charge in [0.05, 0.1) is 18.1 Å². The predicted molar refractivity (Wildman–Crippen MR) is 89.8 cm³/mol. The number of azide groups is 1. The summed E-state index contributed by atoms with van der Waals surface area (Å²) in [6.45, 7) is -0.296. The minimum absolute atomic E-state index is 0.105. The van der Waals surface area contributed by atoms with Gasteiger partial charge in [-0.05, 0) is 28.1 Å². The highest BCUT2D eigenvalue weighted by Gasteiger charge is 2.37. The van der Waals surface area contributed by atoms with Crippen molar-refractivity contribution in [3.63, 3.8) is 0 Å². The van der Waals surface area contributed by atoms with Crippen LogP contribution in [0.15, 0.2) is 17.6 Å². The summed E-state index contributed by atoms with van der Waals surface area (Å²) >= 11 is 8.29. The quantitative estimate of drug-likeness (QED) is 0.247. The lowest BCUT2D eigenvalue weighted by atomic mass is 10.2. The first-order chi connectivity index (χ1) is 11.2. The second kappa shape index (κ2) is 7.16. The molecule has 23 heavy (non-hydrogen) atoms. The summed E-state index contributed by atoms with van der Waals surface area (Å²) in [5.41, 5.74) is 8.97. The highest BCUT2D eigenvalue weighted by molar-refractivity contribution is 14.1. The number of nitrogens with zero attached hydrogens (tertiary/aromatic N) is 6. The number of hydrogen-bond donors (Lipinski definition) is 1. The second-order valence-corrected chi connectivity index (χ2v) is 6.38. The fourth-order valence-corrected chi connectivity index (χ4v) is 3.78. The van der Waals surface area contributed by atoms with E-state index in [4.69, 9.17) is 26.6 Å². The van der Waals surface area contributed by atoms with Gasteiger partial charge < -0.3 is 19.1 Å². The molecule has 1 aliphatic rings. The fraction of sp³-hybridized carbons (Fsp3) is 0.500. The van der Waals surface area contributed by atoms with E-state index in [2.05, 4.69) is 42.6 Å². The van der Waals surface area contributed by atoms with Crippen LogP contribution in [0.5, 0.6) is 0 Å². The Morgan fingerprint density at radius 3 is 3.17 bits per heavy atom. The third-order valence-corrected chi connectivity index (χ3v) is 4.70. The third-order valence-electron chi connectivity index (χ3n) is 3.60. The van der Waals surface area contributed by atoms with Crippen molar-refractivity contribution >= 4 is 45.2 Å². The van der Waals surface area contributed by atoms with Gasteiger partial charge in [0.15, 0.2) is 0 Å². The number of aliphatic hydroxyl groups excluding tert-OH is 1. The Hall–Kier alpha value is -1.17. The number of aromatic nitrogens is 3. The van der Waals surface area contributed by atoms with Gasteiger partial charge in [0.1, 0.15) is 36.2 Å². The predicted octanol–water partition coefficient (Wildman–Crippen LogP) is 2.62. The standard InChI is InChI=1S/C12H12ClIN6O3/c13-11-10-6(14)2-20(12(10)17-4-16-11)9-1-7(8(3-21)23-9)22-5-18-19-15/h2,4,7-9,21H,1,3,5H2/t7-,8-,9-/m0/s1. The largest absolute Gasteiger partial charge is 0.394 e. The first-order valence-electron chi connectivity index (χ1n) is 6.71. The van der Waals surface area contributed by atoms with Crippen LogP contribution in [-0.2, 0) is 9.47 Å². The van der Waals surface area contributed by atoms with Crippen LogP contribution in [0.4, 0.5) is 0 Å². The number of halogens is 2. The zero-order chi connectivity index (χ0) is 16.4. The SMILES string of the molecule is [N-]=[N+]=NCO[C@H]1C[C@@H](n2cc(I)c3c(Cl)ncnc32)O[C@H]1CO. The van der Waals surface area contributed by atoms with E-state index in [0.29, 0.717) is 17.2 Å². The Balaban J connectivity index is 1.88. The van der Waals surface area contributed by atoms with Gasteiger partial charge in [0, 0.05) is 21.1 Å². The van der Waals surface area contributed by atoms with Gasteiger partial charge in [-0.25, -0.2) is 9.97 Å². The molecule has 0 aliphatic carbocycles. The summed E-state index contributed by atoms with van der Waals surface area (Å²) in [5.74, 6) is 0. The molecule has 3 atom stereocenters. The smallest absolute Gasteiger partial charge is 0.148 e. The Labute approximate surface area is 149 Å². The summed E-state index contributed by atoms with van der Waals surface area (Å²) < 4.78 is 14.1. The van der Waals surface area contributed by atoms with Crippen LogP contribution in [0.3, 0.4) is 0 Å². The molecule has 2 aromatic heterocycles. The molecule has 0 amide bonds. The molecular formula is C12H12ClIN6O3. The van der Waals surface area contributed by atoms with Crippen molar-refractivity contribution in [1.82, 2.24) is 14.5 Å². The minimum atomic E-state index is -0.499. The van der Waals surface area contributed by atoms with Crippen LogP contribution in [0.25, 0.3) is 21.5 Å².